The molecule has 0 saturated carbocycles. The van der Waals surface area contributed by atoms with Crippen molar-refractivity contribution in [2.45, 2.75) is 6.18 Å². The van der Waals surface area contributed by atoms with Crippen LogP contribution >= 0.6 is 0 Å². The zero-order valence-corrected chi connectivity index (χ0v) is 14.1. The number of rotatable bonds is 1. The van der Waals surface area contributed by atoms with E-state index in [9.17, 15) is 23.7 Å². The zero-order chi connectivity index (χ0) is 19.9. The van der Waals surface area contributed by atoms with Crippen LogP contribution in [-0.4, -0.2) is 9.97 Å². The number of aromatic nitrogens is 2. The average molecular weight is 374 g/mol. The predicted molar refractivity (Wildman–Crippen MR) is 95.2 cm³/mol. The largest absolute Gasteiger partial charge is 0.416 e. The maximum Gasteiger partial charge on any atom is 0.416 e. The van der Waals surface area contributed by atoms with Crippen LogP contribution in [0.15, 0.2) is 60.3 Å². The molecule has 7 heteroatoms. The SMILES string of the molecule is N#CC(C#N)=C1c2ccccc2-c2nc(-c3ccc(C(F)(F)F)cc3)cnc21. The summed E-state index contributed by atoms with van der Waals surface area (Å²) >= 11 is 0. The Morgan fingerprint density at radius 1 is 0.857 bits per heavy atom. The molecule has 0 amide bonds. The van der Waals surface area contributed by atoms with E-state index in [2.05, 4.69) is 9.97 Å². The van der Waals surface area contributed by atoms with Gasteiger partial charge in [0.2, 0.25) is 0 Å². The van der Waals surface area contributed by atoms with Crippen molar-refractivity contribution in [2.24, 2.45) is 0 Å². The lowest BCUT2D eigenvalue weighted by Crippen LogP contribution is -2.04. The summed E-state index contributed by atoms with van der Waals surface area (Å²) in [5, 5.41) is 18.6. The van der Waals surface area contributed by atoms with Gasteiger partial charge in [-0.05, 0) is 17.7 Å². The molecule has 1 aliphatic rings. The standard InChI is InChI=1S/C21H9F3N4/c22-21(23,24)14-7-5-12(6-8-14)17-11-27-20-18(13(9-25)10-26)15-3-1-2-4-16(15)19(20)28-17/h1-8,11H. The van der Waals surface area contributed by atoms with Gasteiger partial charge in [-0.15, -0.1) is 0 Å². The van der Waals surface area contributed by atoms with Crippen molar-refractivity contribution in [2.75, 3.05) is 0 Å². The van der Waals surface area contributed by atoms with Gasteiger partial charge in [0.05, 0.1) is 28.8 Å². The van der Waals surface area contributed by atoms with Crippen molar-refractivity contribution in [1.82, 2.24) is 9.97 Å². The summed E-state index contributed by atoms with van der Waals surface area (Å²) in [6.07, 6.45) is -2.98. The Labute approximate surface area is 157 Å². The third-order valence-corrected chi connectivity index (χ3v) is 4.44. The predicted octanol–water partition coefficient (Wildman–Crippen LogP) is 4.99. The van der Waals surface area contributed by atoms with Crippen LogP contribution in [0.2, 0.25) is 0 Å². The fourth-order valence-electron chi connectivity index (χ4n) is 3.15. The molecular weight excluding hydrogens is 365 g/mol. The second-order valence-corrected chi connectivity index (χ2v) is 6.05. The van der Waals surface area contributed by atoms with Gasteiger partial charge in [0, 0.05) is 16.7 Å². The summed E-state index contributed by atoms with van der Waals surface area (Å²) in [7, 11) is 0. The third kappa shape index (κ3) is 2.70. The first-order valence-electron chi connectivity index (χ1n) is 8.13. The number of hydrogen-bond donors (Lipinski definition) is 0. The van der Waals surface area contributed by atoms with Crippen LogP contribution in [0.25, 0.3) is 28.1 Å². The van der Waals surface area contributed by atoms with E-state index in [1.165, 1.54) is 18.3 Å². The number of halogens is 3. The highest BCUT2D eigenvalue weighted by Gasteiger charge is 2.31. The summed E-state index contributed by atoms with van der Waals surface area (Å²) in [6, 6.07) is 15.6. The van der Waals surface area contributed by atoms with Crippen molar-refractivity contribution >= 4 is 5.57 Å². The maximum absolute atomic E-state index is 12.8. The first-order valence-corrected chi connectivity index (χ1v) is 8.13. The van der Waals surface area contributed by atoms with Crippen molar-refractivity contribution in [3.63, 3.8) is 0 Å². The van der Waals surface area contributed by atoms with E-state index < -0.39 is 11.7 Å². The maximum atomic E-state index is 12.8. The van der Waals surface area contributed by atoms with Gasteiger partial charge in [0.15, 0.2) is 0 Å². The molecule has 0 unspecified atom stereocenters. The van der Waals surface area contributed by atoms with Gasteiger partial charge < -0.3 is 0 Å². The summed E-state index contributed by atoms with van der Waals surface area (Å²) in [6.45, 7) is 0. The molecule has 0 bridgehead atoms. The van der Waals surface area contributed by atoms with Gasteiger partial charge in [-0.1, -0.05) is 36.4 Å². The van der Waals surface area contributed by atoms with E-state index in [0.717, 1.165) is 17.7 Å². The van der Waals surface area contributed by atoms with Crippen LogP contribution in [0, 0.1) is 22.7 Å². The molecule has 0 spiro atoms. The molecule has 0 saturated heterocycles. The van der Waals surface area contributed by atoms with Crippen LogP contribution in [0.5, 0.6) is 0 Å². The smallest absolute Gasteiger partial charge is 0.252 e. The lowest BCUT2D eigenvalue weighted by Gasteiger charge is -2.08. The Morgan fingerprint density at radius 3 is 2.11 bits per heavy atom. The Kier molecular flexibility index (Phi) is 3.94. The molecule has 0 aliphatic heterocycles. The highest BCUT2D eigenvalue weighted by molar-refractivity contribution is 6.01. The van der Waals surface area contributed by atoms with Gasteiger partial charge in [-0.25, -0.2) is 4.98 Å². The van der Waals surface area contributed by atoms with E-state index in [1.807, 2.05) is 12.1 Å². The lowest BCUT2D eigenvalue weighted by molar-refractivity contribution is -0.137. The summed E-state index contributed by atoms with van der Waals surface area (Å²) in [5.74, 6) is 0. The quantitative estimate of drug-likeness (QED) is 0.440. The minimum absolute atomic E-state index is 0.0669. The lowest BCUT2D eigenvalue weighted by atomic mass is 10.0. The van der Waals surface area contributed by atoms with Crippen LogP contribution in [0.1, 0.15) is 16.8 Å². The van der Waals surface area contributed by atoms with Crippen LogP contribution < -0.4 is 0 Å². The fourth-order valence-corrected chi connectivity index (χ4v) is 3.15. The molecule has 134 valence electrons. The van der Waals surface area contributed by atoms with Crippen molar-refractivity contribution in [1.29, 1.82) is 10.5 Å². The van der Waals surface area contributed by atoms with Crippen LogP contribution in [0.3, 0.4) is 0 Å². The molecule has 1 aliphatic carbocycles. The zero-order valence-electron chi connectivity index (χ0n) is 14.1. The fraction of sp³-hybridized carbons (Fsp3) is 0.0476. The molecule has 1 aromatic heterocycles. The van der Waals surface area contributed by atoms with Gasteiger partial charge in [-0.2, -0.15) is 23.7 Å². The number of hydrogen-bond acceptors (Lipinski definition) is 4. The minimum Gasteiger partial charge on any atom is -0.252 e. The van der Waals surface area contributed by atoms with Crippen molar-refractivity contribution in [3.05, 3.63) is 77.1 Å². The van der Waals surface area contributed by atoms with E-state index in [0.29, 0.717) is 33.8 Å². The molecule has 1 heterocycles. The molecule has 4 rings (SSSR count). The highest BCUT2D eigenvalue weighted by Crippen LogP contribution is 2.44. The van der Waals surface area contributed by atoms with E-state index >= 15 is 0 Å². The number of nitriles is 2. The van der Waals surface area contributed by atoms with Gasteiger partial charge >= 0.3 is 6.18 Å². The number of benzene rings is 2. The molecule has 28 heavy (non-hydrogen) atoms. The second kappa shape index (κ2) is 6.33. The van der Waals surface area contributed by atoms with Crippen molar-refractivity contribution < 1.29 is 13.2 Å². The Bertz CT molecular complexity index is 1190. The van der Waals surface area contributed by atoms with E-state index in [4.69, 9.17) is 0 Å². The molecule has 2 aromatic carbocycles. The third-order valence-electron chi connectivity index (χ3n) is 4.44. The molecular formula is C21H9F3N4. The summed E-state index contributed by atoms with van der Waals surface area (Å²) < 4.78 is 38.3. The number of nitrogens with zero attached hydrogens (tertiary/aromatic N) is 4. The summed E-state index contributed by atoms with van der Waals surface area (Å²) in [5.41, 5.74) is 2.80. The normalized spacial score (nSPS) is 12.0. The Morgan fingerprint density at radius 2 is 1.50 bits per heavy atom. The molecule has 0 radical (unpaired) electrons. The first-order chi connectivity index (χ1) is 13.4. The highest BCUT2D eigenvalue weighted by atomic mass is 19.4. The monoisotopic (exact) mass is 374 g/mol. The second-order valence-electron chi connectivity index (χ2n) is 6.05. The average Bonchev–Trinajstić information content (AvgIpc) is 3.03. The topological polar surface area (TPSA) is 73.4 Å². The van der Waals surface area contributed by atoms with Gasteiger partial charge in [-0.3, -0.25) is 4.98 Å². The number of alkyl halides is 3. The number of allylic oxidation sites excluding steroid dienone is 1. The first kappa shape index (κ1) is 17.4. The molecule has 0 fully saturated rings. The minimum atomic E-state index is -4.41. The molecule has 0 N–H and O–H groups in total. The Balaban J connectivity index is 1.88. The summed E-state index contributed by atoms with van der Waals surface area (Å²) in [4.78, 5) is 8.94. The molecule has 3 aromatic rings. The van der Waals surface area contributed by atoms with Gasteiger partial charge in [0.25, 0.3) is 0 Å². The van der Waals surface area contributed by atoms with Crippen LogP contribution in [-0.2, 0) is 6.18 Å². The van der Waals surface area contributed by atoms with Crippen molar-refractivity contribution in [3.8, 4) is 34.7 Å². The van der Waals surface area contributed by atoms with Gasteiger partial charge in [0.1, 0.15) is 17.7 Å². The molecule has 0 atom stereocenters. The van der Waals surface area contributed by atoms with E-state index in [-0.39, 0.29) is 5.57 Å². The number of fused-ring (bicyclic) bond motifs is 3. The molecule has 4 nitrogen and oxygen atoms in total. The van der Waals surface area contributed by atoms with Crippen LogP contribution in [0.4, 0.5) is 13.2 Å². The van der Waals surface area contributed by atoms with E-state index in [1.54, 1.807) is 24.3 Å². The Hall–Kier alpha value is -3.97.